The summed E-state index contributed by atoms with van der Waals surface area (Å²) in [6, 6.07) is 6.26. The first kappa shape index (κ1) is 12.4. The highest BCUT2D eigenvalue weighted by Gasteiger charge is 2.18. The van der Waals surface area contributed by atoms with Gasteiger partial charge in [-0.15, -0.1) is 0 Å². The van der Waals surface area contributed by atoms with Gasteiger partial charge in [0.15, 0.2) is 0 Å². The number of nitrogens with zero attached hydrogens (tertiary/aromatic N) is 1. The van der Waals surface area contributed by atoms with Crippen LogP contribution in [-0.2, 0) is 4.74 Å². The molecule has 1 aromatic rings. The van der Waals surface area contributed by atoms with Crippen LogP contribution in [0.2, 0.25) is 0 Å². The lowest BCUT2D eigenvalue weighted by Crippen LogP contribution is -2.42. The van der Waals surface area contributed by atoms with Gasteiger partial charge < -0.3 is 14.4 Å². The van der Waals surface area contributed by atoms with Crippen molar-refractivity contribution >= 4 is 0 Å². The SMILES string of the molecule is Cc1ccc(OCC2CN(C)CCO2)c(C)c1. The van der Waals surface area contributed by atoms with E-state index in [0.717, 1.165) is 25.4 Å². The third-order valence-corrected chi connectivity index (χ3v) is 3.10. The summed E-state index contributed by atoms with van der Waals surface area (Å²) in [7, 11) is 2.12. The van der Waals surface area contributed by atoms with E-state index in [1.165, 1.54) is 11.1 Å². The highest BCUT2D eigenvalue weighted by Crippen LogP contribution is 2.19. The van der Waals surface area contributed by atoms with Gasteiger partial charge in [0.2, 0.25) is 0 Å². The summed E-state index contributed by atoms with van der Waals surface area (Å²) >= 11 is 0. The number of likely N-dealkylation sites (N-methyl/N-ethyl adjacent to an activating group) is 1. The Hall–Kier alpha value is -1.06. The van der Waals surface area contributed by atoms with Gasteiger partial charge in [-0.2, -0.15) is 0 Å². The molecule has 1 unspecified atom stereocenters. The van der Waals surface area contributed by atoms with E-state index in [-0.39, 0.29) is 6.10 Å². The molecule has 1 aliphatic rings. The molecular weight excluding hydrogens is 214 g/mol. The Morgan fingerprint density at radius 1 is 1.41 bits per heavy atom. The third-order valence-electron chi connectivity index (χ3n) is 3.10. The standard InChI is InChI=1S/C14H21NO2/c1-11-4-5-14(12(2)8-11)17-10-13-9-15(3)6-7-16-13/h4-5,8,13H,6-7,9-10H2,1-3H3. The summed E-state index contributed by atoms with van der Waals surface area (Å²) in [4.78, 5) is 2.28. The van der Waals surface area contributed by atoms with Crippen molar-refractivity contribution in [1.82, 2.24) is 4.90 Å². The Kier molecular flexibility index (Phi) is 4.02. The minimum absolute atomic E-state index is 0.189. The summed E-state index contributed by atoms with van der Waals surface area (Å²) in [6.07, 6.45) is 0.189. The van der Waals surface area contributed by atoms with Crippen LogP contribution < -0.4 is 4.74 Å². The lowest BCUT2D eigenvalue weighted by atomic mass is 10.1. The van der Waals surface area contributed by atoms with E-state index in [1.54, 1.807) is 0 Å². The van der Waals surface area contributed by atoms with Crippen molar-refractivity contribution in [2.24, 2.45) is 0 Å². The molecule has 1 heterocycles. The average molecular weight is 235 g/mol. The number of ether oxygens (including phenoxy) is 2. The minimum Gasteiger partial charge on any atom is -0.491 e. The fourth-order valence-electron chi connectivity index (χ4n) is 2.11. The Bertz CT molecular complexity index is 378. The van der Waals surface area contributed by atoms with E-state index < -0.39 is 0 Å². The molecule has 3 nitrogen and oxygen atoms in total. The molecule has 0 aliphatic carbocycles. The molecular formula is C14H21NO2. The van der Waals surface area contributed by atoms with Crippen molar-refractivity contribution in [3.05, 3.63) is 29.3 Å². The number of hydrogen-bond donors (Lipinski definition) is 0. The summed E-state index contributed by atoms with van der Waals surface area (Å²) in [5, 5.41) is 0. The number of hydrogen-bond acceptors (Lipinski definition) is 3. The van der Waals surface area contributed by atoms with Gasteiger partial charge in [-0.3, -0.25) is 0 Å². The highest BCUT2D eigenvalue weighted by molar-refractivity contribution is 5.35. The predicted molar refractivity (Wildman–Crippen MR) is 68.6 cm³/mol. The summed E-state index contributed by atoms with van der Waals surface area (Å²) < 4.78 is 11.5. The van der Waals surface area contributed by atoms with Gasteiger partial charge in [0.1, 0.15) is 18.5 Å². The monoisotopic (exact) mass is 235 g/mol. The van der Waals surface area contributed by atoms with Crippen LogP contribution in [0, 0.1) is 13.8 Å². The van der Waals surface area contributed by atoms with E-state index in [1.807, 2.05) is 6.07 Å². The molecule has 0 N–H and O–H groups in total. The van der Waals surface area contributed by atoms with Crippen LogP contribution in [0.1, 0.15) is 11.1 Å². The van der Waals surface area contributed by atoms with Crippen molar-refractivity contribution in [2.45, 2.75) is 20.0 Å². The maximum absolute atomic E-state index is 5.83. The van der Waals surface area contributed by atoms with Crippen LogP contribution in [0.25, 0.3) is 0 Å². The lowest BCUT2D eigenvalue weighted by molar-refractivity contribution is -0.0404. The van der Waals surface area contributed by atoms with Crippen molar-refractivity contribution in [2.75, 3.05) is 33.4 Å². The molecule has 1 aromatic carbocycles. The minimum atomic E-state index is 0.189. The summed E-state index contributed by atoms with van der Waals surface area (Å²) in [6.45, 7) is 7.57. The zero-order chi connectivity index (χ0) is 12.3. The van der Waals surface area contributed by atoms with Gasteiger partial charge in [-0.25, -0.2) is 0 Å². The fourth-order valence-corrected chi connectivity index (χ4v) is 2.11. The molecule has 0 spiro atoms. The second kappa shape index (κ2) is 5.52. The second-order valence-electron chi connectivity index (χ2n) is 4.83. The van der Waals surface area contributed by atoms with Crippen molar-refractivity contribution in [1.29, 1.82) is 0 Å². The van der Waals surface area contributed by atoms with Crippen LogP contribution in [0.5, 0.6) is 5.75 Å². The molecule has 1 fully saturated rings. The maximum Gasteiger partial charge on any atom is 0.122 e. The molecule has 94 valence electrons. The zero-order valence-corrected chi connectivity index (χ0v) is 10.9. The van der Waals surface area contributed by atoms with Crippen LogP contribution >= 0.6 is 0 Å². The summed E-state index contributed by atoms with van der Waals surface area (Å²) in [5.41, 5.74) is 2.46. The van der Waals surface area contributed by atoms with E-state index in [9.17, 15) is 0 Å². The Labute approximate surface area is 103 Å². The normalized spacial score (nSPS) is 21.5. The second-order valence-corrected chi connectivity index (χ2v) is 4.83. The van der Waals surface area contributed by atoms with E-state index in [2.05, 4.69) is 37.9 Å². The topological polar surface area (TPSA) is 21.7 Å². The molecule has 1 aliphatic heterocycles. The number of aryl methyl sites for hydroxylation is 2. The van der Waals surface area contributed by atoms with Gasteiger partial charge in [0, 0.05) is 13.1 Å². The van der Waals surface area contributed by atoms with Gasteiger partial charge in [-0.1, -0.05) is 17.7 Å². The highest BCUT2D eigenvalue weighted by atomic mass is 16.5. The first-order valence-electron chi connectivity index (χ1n) is 6.15. The Morgan fingerprint density at radius 3 is 2.94 bits per heavy atom. The Morgan fingerprint density at radius 2 is 2.24 bits per heavy atom. The molecule has 17 heavy (non-hydrogen) atoms. The van der Waals surface area contributed by atoms with Crippen molar-refractivity contribution < 1.29 is 9.47 Å². The molecule has 0 saturated carbocycles. The number of benzene rings is 1. The molecule has 0 amide bonds. The van der Waals surface area contributed by atoms with Crippen molar-refractivity contribution in [3.63, 3.8) is 0 Å². The lowest BCUT2D eigenvalue weighted by Gasteiger charge is -2.30. The van der Waals surface area contributed by atoms with E-state index in [0.29, 0.717) is 6.61 Å². The quantitative estimate of drug-likeness (QED) is 0.800. The first-order valence-corrected chi connectivity index (χ1v) is 6.15. The largest absolute Gasteiger partial charge is 0.491 e. The van der Waals surface area contributed by atoms with Gasteiger partial charge in [-0.05, 0) is 32.5 Å². The fraction of sp³-hybridized carbons (Fsp3) is 0.571. The zero-order valence-electron chi connectivity index (χ0n) is 10.9. The van der Waals surface area contributed by atoms with Crippen LogP contribution in [-0.4, -0.2) is 44.4 Å². The van der Waals surface area contributed by atoms with Crippen LogP contribution in [0.15, 0.2) is 18.2 Å². The molecule has 0 aromatic heterocycles. The molecule has 0 radical (unpaired) electrons. The first-order chi connectivity index (χ1) is 8.15. The van der Waals surface area contributed by atoms with Crippen molar-refractivity contribution in [3.8, 4) is 5.75 Å². The average Bonchev–Trinajstić information content (AvgIpc) is 2.28. The van der Waals surface area contributed by atoms with E-state index in [4.69, 9.17) is 9.47 Å². The van der Waals surface area contributed by atoms with Gasteiger partial charge >= 0.3 is 0 Å². The Balaban J connectivity index is 1.88. The van der Waals surface area contributed by atoms with Gasteiger partial charge in [0.25, 0.3) is 0 Å². The third kappa shape index (κ3) is 3.45. The molecule has 2 rings (SSSR count). The predicted octanol–water partition coefficient (Wildman–Crippen LogP) is 2.01. The summed E-state index contributed by atoms with van der Waals surface area (Å²) in [5.74, 6) is 0.965. The maximum atomic E-state index is 5.83. The van der Waals surface area contributed by atoms with Crippen LogP contribution in [0.3, 0.4) is 0 Å². The van der Waals surface area contributed by atoms with E-state index >= 15 is 0 Å². The van der Waals surface area contributed by atoms with Crippen LogP contribution in [0.4, 0.5) is 0 Å². The number of morpholine rings is 1. The number of rotatable bonds is 3. The molecule has 0 bridgehead atoms. The smallest absolute Gasteiger partial charge is 0.122 e. The molecule has 1 saturated heterocycles. The van der Waals surface area contributed by atoms with Gasteiger partial charge in [0.05, 0.1) is 6.61 Å². The molecule has 3 heteroatoms. The molecule has 1 atom stereocenters.